The first-order valence-electron chi connectivity index (χ1n) is 9.27. The third kappa shape index (κ3) is 3.22. The van der Waals surface area contributed by atoms with Gasteiger partial charge < -0.3 is 20.1 Å². The number of nitrogens with two attached hydrogens (primary N) is 1. The van der Waals surface area contributed by atoms with E-state index < -0.39 is 11.9 Å². The Morgan fingerprint density at radius 3 is 2.70 bits per heavy atom. The molecular weight excluding hydrogens is 386 g/mol. The number of ether oxygens (including phenoxy) is 1. The molecule has 0 saturated carbocycles. The minimum atomic E-state index is -1.05. The van der Waals surface area contributed by atoms with Crippen molar-refractivity contribution in [3.8, 4) is 5.75 Å². The molecule has 1 aromatic heterocycles. The normalized spacial score (nSPS) is 13.1. The van der Waals surface area contributed by atoms with Gasteiger partial charge in [-0.15, -0.1) is 0 Å². The Labute approximate surface area is 171 Å². The Hall–Kier alpha value is -3.94. The van der Waals surface area contributed by atoms with Gasteiger partial charge in [-0.2, -0.15) is 0 Å². The molecule has 4 rings (SSSR count). The van der Waals surface area contributed by atoms with Crippen LogP contribution in [0.5, 0.6) is 5.75 Å². The number of amides is 1. The van der Waals surface area contributed by atoms with Crippen LogP contribution in [0.4, 0.5) is 0 Å². The Morgan fingerprint density at radius 2 is 2.00 bits per heavy atom. The summed E-state index contributed by atoms with van der Waals surface area (Å²) in [5.74, 6) is -1.31. The van der Waals surface area contributed by atoms with Gasteiger partial charge >= 0.3 is 5.97 Å². The van der Waals surface area contributed by atoms with Crippen molar-refractivity contribution >= 4 is 34.3 Å². The number of aliphatic carboxylic acids is 1. The van der Waals surface area contributed by atoms with Crippen molar-refractivity contribution in [3.63, 3.8) is 0 Å². The molecule has 0 radical (unpaired) electrons. The summed E-state index contributed by atoms with van der Waals surface area (Å²) < 4.78 is 7.11. The van der Waals surface area contributed by atoms with E-state index in [-0.39, 0.29) is 24.3 Å². The minimum absolute atomic E-state index is 0.166. The molecule has 3 aromatic rings. The van der Waals surface area contributed by atoms with Crippen LogP contribution in [-0.4, -0.2) is 46.7 Å². The van der Waals surface area contributed by atoms with Crippen molar-refractivity contribution in [3.05, 3.63) is 64.8 Å². The molecule has 0 fully saturated rings. The number of nitrogens with zero attached hydrogens (tertiary/aromatic N) is 2. The van der Waals surface area contributed by atoms with Gasteiger partial charge in [0.05, 0.1) is 36.0 Å². The van der Waals surface area contributed by atoms with Gasteiger partial charge in [0, 0.05) is 17.5 Å². The molecule has 30 heavy (non-hydrogen) atoms. The summed E-state index contributed by atoms with van der Waals surface area (Å²) in [5.41, 5.74) is 8.31. The Bertz CT molecular complexity index is 1240. The number of methoxy groups -OCH3 is 1. The average Bonchev–Trinajstić information content (AvgIpc) is 3.05. The third-order valence-corrected chi connectivity index (χ3v) is 5.11. The van der Waals surface area contributed by atoms with Crippen LogP contribution < -0.4 is 10.5 Å². The number of hydrogen-bond donors (Lipinski definition) is 2. The summed E-state index contributed by atoms with van der Waals surface area (Å²) in [6.07, 6.45) is -0.333. The van der Waals surface area contributed by atoms with Crippen LogP contribution in [0.25, 0.3) is 10.9 Å². The highest BCUT2D eigenvalue weighted by molar-refractivity contribution is 6.26. The Balaban J connectivity index is 2.02. The van der Waals surface area contributed by atoms with Crippen molar-refractivity contribution in [2.24, 2.45) is 10.7 Å². The topological polar surface area (TPSA) is 124 Å². The second-order valence-electron chi connectivity index (χ2n) is 6.98. The summed E-state index contributed by atoms with van der Waals surface area (Å²) in [4.78, 5) is 40.6. The van der Waals surface area contributed by atoms with E-state index in [1.165, 1.54) is 0 Å². The number of ketones is 1. The number of carbonyl (C=O) groups excluding carboxylic acids is 2. The maximum absolute atomic E-state index is 12.8. The molecule has 0 unspecified atom stereocenters. The Morgan fingerprint density at radius 1 is 1.23 bits per heavy atom. The van der Waals surface area contributed by atoms with E-state index in [0.717, 1.165) is 5.56 Å². The first-order valence-corrected chi connectivity index (χ1v) is 9.27. The largest absolute Gasteiger partial charge is 0.497 e. The monoisotopic (exact) mass is 405 g/mol. The maximum Gasteiger partial charge on any atom is 0.309 e. The molecule has 0 spiro atoms. The summed E-state index contributed by atoms with van der Waals surface area (Å²) in [7, 11) is 1.57. The highest BCUT2D eigenvalue weighted by atomic mass is 16.5. The fourth-order valence-corrected chi connectivity index (χ4v) is 3.90. The van der Waals surface area contributed by atoms with Crippen LogP contribution >= 0.6 is 0 Å². The van der Waals surface area contributed by atoms with E-state index in [0.29, 0.717) is 40.2 Å². The number of aromatic nitrogens is 1. The molecule has 0 atom stereocenters. The van der Waals surface area contributed by atoms with Crippen molar-refractivity contribution in [2.45, 2.75) is 13.0 Å². The van der Waals surface area contributed by atoms with Gasteiger partial charge in [0.15, 0.2) is 5.78 Å². The van der Waals surface area contributed by atoms with Crippen LogP contribution in [0.15, 0.2) is 47.5 Å². The molecule has 3 N–H and O–H groups in total. The fraction of sp³-hybridized carbons (Fsp3) is 0.182. The van der Waals surface area contributed by atoms with E-state index in [4.69, 9.17) is 10.5 Å². The molecule has 0 saturated heterocycles. The Kier molecular flexibility index (Phi) is 4.83. The van der Waals surface area contributed by atoms with Gasteiger partial charge in [0.1, 0.15) is 12.3 Å². The zero-order valence-electron chi connectivity index (χ0n) is 16.2. The predicted octanol–water partition coefficient (Wildman–Crippen LogP) is 2.26. The van der Waals surface area contributed by atoms with Crippen LogP contribution in [0.3, 0.4) is 0 Å². The van der Waals surface area contributed by atoms with Crippen LogP contribution in [-0.2, 0) is 11.3 Å². The number of carboxylic acid groups (broad SMARTS) is 1. The lowest BCUT2D eigenvalue weighted by atomic mass is 9.96. The lowest BCUT2D eigenvalue weighted by Gasteiger charge is -2.16. The van der Waals surface area contributed by atoms with Crippen molar-refractivity contribution < 1.29 is 24.2 Å². The van der Waals surface area contributed by atoms with Gasteiger partial charge in [0.25, 0.3) is 0 Å². The van der Waals surface area contributed by atoms with E-state index in [1.807, 2.05) is 28.8 Å². The summed E-state index contributed by atoms with van der Waals surface area (Å²) in [5, 5.41) is 9.79. The molecule has 8 heteroatoms. The standard InChI is InChI=1S/C22H19N3O5/c1-30-13-5-2-4-12(8-13)11-25-16-7-3-6-14(22(23)29)19(16)20-17(26)10-24-15(21(20)25)9-18(27)28/h2-8H,9-11H2,1H3,(H2,23,29)(H,27,28). The number of fused-ring (bicyclic) bond motifs is 3. The van der Waals surface area contributed by atoms with Crippen LogP contribution in [0.1, 0.15) is 38.4 Å². The molecule has 0 bridgehead atoms. The van der Waals surface area contributed by atoms with E-state index in [1.54, 1.807) is 25.3 Å². The number of aliphatic imine (C=N–C) groups is 1. The first-order chi connectivity index (χ1) is 14.4. The number of benzene rings is 2. The smallest absolute Gasteiger partial charge is 0.309 e. The molecular formula is C22H19N3O5. The molecule has 152 valence electrons. The molecule has 2 aromatic carbocycles. The number of rotatable bonds is 6. The van der Waals surface area contributed by atoms with E-state index >= 15 is 0 Å². The van der Waals surface area contributed by atoms with Gasteiger partial charge in [-0.1, -0.05) is 18.2 Å². The minimum Gasteiger partial charge on any atom is -0.497 e. The molecule has 1 aliphatic rings. The summed E-state index contributed by atoms with van der Waals surface area (Å²) in [6, 6.07) is 12.5. The van der Waals surface area contributed by atoms with Gasteiger partial charge in [-0.3, -0.25) is 19.4 Å². The van der Waals surface area contributed by atoms with Crippen LogP contribution in [0, 0.1) is 0 Å². The molecule has 2 heterocycles. The van der Waals surface area contributed by atoms with Crippen molar-refractivity contribution in [1.82, 2.24) is 4.57 Å². The van der Waals surface area contributed by atoms with Gasteiger partial charge in [-0.25, -0.2) is 0 Å². The van der Waals surface area contributed by atoms with Crippen LogP contribution in [0.2, 0.25) is 0 Å². The lowest BCUT2D eigenvalue weighted by Crippen LogP contribution is -2.24. The number of Topliss-reactive ketones (excluding diaryl/α,β-unsaturated/α-hetero) is 1. The number of carboxylic acids is 1. The SMILES string of the molecule is COc1cccc(Cn2c3c(c4c(C(N)=O)cccc42)C(=O)CN=C3CC(=O)O)c1. The maximum atomic E-state index is 12.8. The van der Waals surface area contributed by atoms with Gasteiger partial charge in [0.2, 0.25) is 5.91 Å². The molecule has 0 aliphatic carbocycles. The second-order valence-corrected chi connectivity index (χ2v) is 6.98. The number of carbonyl (C=O) groups is 3. The fourth-order valence-electron chi connectivity index (χ4n) is 3.90. The highest BCUT2D eigenvalue weighted by Crippen LogP contribution is 2.34. The second kappa shape index (κ2) is 7.47. The quantitative estimate of drug-likeness (QED) is 0.651. The first kappa shape index (κ1) is 19.4. The van der Waals surface area contributed by atoms with Crippen molar-refractivity contribution in [1.29, 1.82) is 0 Å². The summed E-state index contributed by atoms with van der Waals surface area (Å²) in [6.45, 7) is 0.165. The summed E-state index contributed by atoms with van der Waals surface area (Å²) >= 11 is 0. The zero-order valence-corrected chi connectivity index (χ0v) is 16.2. The molecule has 1 amide bonds. The third-order valence-electron chi connectivity index (χ3n) is 5.11. The van der Waals surface area contributed by atoms with Gasteiger partial charge in [-0.05, 0) is 29.8 Å². The zero-order chi connectivity index (χ0) is 21.4. The lowest BCUT2D eigenvalue weighted by molar-refractivity contribution is -0.135. The van der Waals surface area contributed by atoms with E-state index in [9.17, 15) is 19.5 Å². The molecule has 8 nitrogen and oxygen atoms in total. The number of hydrogen-bond acceptors (Lipinski definition) is 5. The molecule has 1 aliphatic heterocycles. The van der Waals surface area contributed by atoms with Crippen molar-refractivity contribution in [2.75, 3.05) is 13.7 Å². The number of primary amides is 1. The average molecular weight is 405 g/mol. The van der Waals surface area contributed by atoms with E-state index in [2.05, 4.69) is 4.99 Å². The highest BCUT2D eigenvalue weighted by Gasteiger charge is 2.31. The predicted molar refractivity (Wildman–Crippen MR) is 111 cm³/mol.